The number of hydrogen-bond acceptors (Lipinski definition) is 8. The first-order chi connectivity index (χ1) is 23.6. The molecule has 2 aliphatic rings. The van der Waals surface area contributed by atoms with Crippen molar-refractivity contribution in [3.63, 3.8) is 0 Å². The lowest BCUT2D eigenvalue weighted by Crippen LogP contribution is -2.45. The molecule has 4 N–H and O–H groups in total. The second kappa shape index (κ2) is 15.7. The Balaban J connectivity index is 1.22. The van der Waals surface area contributed by atoms with E-state index in [1.165, 1.54) is 12.1 Å². The highest BCUT2D eigenvalue weighted by Crippen LogP contribution is 2.39. The molecule has 2 fully saturated rings. The van der Waals surface area contributed by atoms with E-state index in [1.54, 1.807) is 30.3 Å². The van der Waals surface area contributed by atoms with Crippen molar-refractivity contribution in [1.82, 2.24) is 9.62 Å². The van der Waals surface area contributed by atoms with Crippen LogP contribution in [0.15, 0.2) is 108 Å². The smallest absolute Gasteiger partial charge is 0.242 e. The minimum atomic E-state index is -4.00. The summed E-state index contributed by atoms with van der Waals surface area (Å²) in [7, 11) is -4.00. The molecule has 10 nitrogen and oxygen atoms in total. The fourth-order valence-electron chi connectivity index (χ4n) is 6.30. The van der Waals surface area contributed by atoms with Crippen LogP contribution in [0.1, 0.15) is 53.1 Å². The summed E-state index contributed by atoms with van der Waals surface area (Å²) in [6.45, 7) is 3.86. The number of sulfonamides is 1. The molecule has 0 aliphatic carbocycles. The first-order valence-electron chi connectivity index (χ1n) is 16.6. The van der Waals surface area contributed by atoms with Crippen molar-refractivity contribution in [2.75, 3.05) is 25.0 Å². The van der Waals surface area contributed by atoms with Crippen molar-refractivity contribution < 1.29 is 32.9 Å². The van der Waals surface area contributed by atoms with Gasteiger partial charge in [-0.1, -0.05) is 84.4 Å². The number of carbonyl (C=O) groups is 1. The zero-order valence-electron chi connectivity index (χ0n) is 27.4. The predicted molar refractivity (Wildman–Crippen MR) is 186 cm³/mol. The van der Waals surface area contributed by atoms with Gasteiger partial charge in [0.15, 0.2) is 6.29 Å². The van der Waals surface area contributed by atoms with Gasteiger partial charge < -0.3 is 25.0 Å². The Hall–Kier alpha value is -3.94. The van der Waals surface area contributed by atoms with Gasteiger partial charge in [-0.05, 0) is 60.7 Å². The van der Waals surface area contributed by atoms with Crippen LogP contribution in [0.5, 0.6) is 0 Å². The van der Waals surface area contributed by atoms with Crippen LogP contribution in [0.25, 0.3) is 0 Å². The summed E-state index contributed by atoms with van der Waals surface area (Å²) in [4.78, 5) is 16.1. The van der Waals surface area contributed by atoms with Gasteiger partial charge in [0.25, 0.3) is 0 Å². The third kappa shape index (κ3) is 9.20. The quantitative estimate of drug-likeness (QED) is 0.170. The molecule has 5 atom stereocenters. The first-order valence-corrected chi connectivity index (χ1v) is 18.1. The van der Waals surface area contributed by atoms with Gasteiger partial charge in [0, 0.05) is 37.3 Å². The first kappa shape index (κ1) is 34.9. The topological polar surface area (TPSA) is 137 Å². The van der Waals surface area contributed by atoms with Gasteiger partial charge in [-0.2, -0.15) is 4.72 Å². The number of rotatable bonds is 12. The second-order valence-electron chi connectivity index (χ2n) is 12.8. The van der Waals surface area contributed by atoms with Crippen LogP contribution in [0.3, 0.4) is 0 Å². The lowest BCUT2D eigenvalue weighted by Gasteiger charge is -2.38. The van der Waals surface area contributed by atoms with Crippen LogP contribution in [0, 0.1) is 6.92 Å². The molecule has 0 unspecified atom stereocenters. The summed E-state index contributed by atoms with van der Waals surface area (Å²) in [6, 6.07) is 29.5. The summed E-state index contributed by atoms with van der Waals surface area (Å²) in [6.07, 6.45) is -0.0658. The van der Waals surface area contributed by atoms with Crippen molar-refractivity contribution in [2.45, 2.75) is 68.3 Å². The van der Waals surface area contributed by atoms with Gasteiger partial charge in [0.1, 0.15) is 6.04 Å². The SMILES string of the molecule is Cc1ccc(S(=O)(=O)N[C@H](Cc2ccccc2)C(=O)Nc2cccc([C@@H]3O[C@H](CN4CC[C@H](O)C4)C[C@H](c4ccc(CO)cc4)O3)c2)cc1. The summed E-state index contributed by atoms with van der Waals surface area (Å²) in [5.41, 5.74) is 4.67. The Morgan fingerprint density at radius 1 is 0.918 bits per heavy atom. The minimum absolute atomic E-state index is 0.0461. The van der Waals surface area contributed by atoms with E-state index in [2.05, 4.69) is 14.9 Å². The summed E-state index contributed by atoms with van der Waals surface area (Å²) in [5, 5.41) is 22.5. The number of likely N-dealkylation sites (tertiary alicyclic amines) is 1. The van der Waals surface area contributed by atoms with E-state index in [-0.39, 0.29) is 36.2 Å². The molecule has 49 heavy (non-hydrogen) atoms. The molecule has 0 radical (unpaired) electrons. The number of aliphatic hydroxyl groups excluding tert-OH is 2. The summed E-state index contributed by atoms with van der Waals surface area (Å²) in [5.74, 6) is -0.505. The number of amides is 1. The largest absolute Gasteiger partial charge is 0.392 e. The minimum Gasteiger partial charge on any atom is -0.392 e. The van der Waals surface area contributed by atoms with Gasteiger partial charge in [-0.15, -0.1) is 0 Å². The van der Waals surface area contributed by atoms with Crippen molar-refractivity contribution in [3.8, 4) is 0 Å². The molecule has 258 valence electrons. The third-order valence-electron chi connectivity index (χ3n) is 8.98. The monoisotopic (exact) mass is 685 g/mol. The molecule has 6 rings (SSSR count). The number of anilines is 1. The molecule has 2 aliphatic heterocycles. The third-order valence-corrected chi connectivity index (χ3v) is 10.5. The number of benzene rings is 4. The second-order valence-corrected chi connectivity index (χ2v) is 14.6. The van der Waals surface area contributed by atoms with E-state index >= 15 is 0 Å². The number of β-amino-alcohol motifs (C(OH)–C–C–N with tert-alkyl or cyclic N) is 1. The highest BCUT2D eigenvalue weighted by atomic mass is 32.2. The molecule has 0 saturated carbocycles. The molecule has 0 aromatic heterocycles. The van der Waals surface area contributed by atoms with Gasteiger partial charge in [0.2, 0.25) is 15.9 Å². The van der Waals surface area contributed by atoms with E-state index in [1.807, 2.05) is 67.6 Å². The van der Waals surface area contributed by atoms with Gasteiger partial charge in [0.05, 0.1) is 29.8 Å². The van der Waals surface area contributed by atoms with Crippen molar-refractivity contribution in [1.29, 1.82) is 0 Å². The number of hydrogen-bond donors (Lipinski definition) is 4. The maximum absolute atomic E-state index is 13.8. The number of aryl methyl sites for hydroxylation is 1. The van der Waals surface area contributed by atoms with Crippen molar-refractivity contribution in [2.24, 2.45) is 0 Å². The van der Waals surface area contributed by atoms with Gasteiger partial charge in [-0.3, -0.25) is 9.69 Å². The molecule has 4 aromatic carbocycles. The van der Waals surface area contributed by atoms with E-state index in [9.17, 15) is 23.4 Å². The molecule has 11 heteroatoms. The van der Waals surface area contributed by atoms with Crippen LogP contribution < -0.4 is 10.0 Å². The molecule has 0 bridgehead atoms. The zero-order chi connectivity index (χ0) is 34.4. The Labute approximate surface area is 287 Å². The lowest BCUT2D eigenvalue weighted by molar-refractivity contribution is -0.252. The van der Waals surface area contributed by atoms with Crippen LogP contribution in [-0.4, -0.2) is 67.3 Å². The standard InChI is InChI=1S/C38H43N3O7S/c1-26-10-16-34(17-11-26)49(45,46)40-35(20-27-6-3-2-4-7-27)37(44)39-31-9-5-8-30(21-31)38-47-33(24-41-19-18-32(43)23-41)22-36(48-38)29-14-12-28(25-42)13-15-29/h2-17,21,32-33,35-36,38,40,42-43H,18-20,22-25H2,1H3,(H,39,44)/t32-,33-,35+,36+,38+/m0/s1. The van der Waals surface area contributed by atoms with Gasteiger partial charge >= 0.3 is 0 Å². The summed E-state index contributed by atoms with van der Waals surface area (Å²) < 4.78 is 42.3. The van der Waals surface area contributed by atoms with E-state index in [0.29, 0.717) is 30.8 Å². The maximum Gasteiger partial charge on any atom is 0.242 e. The van der Waals surface area contributed by atoms with Crippen LogP contribution >= 0.6 is 0 Å². The highest BCUT2D eigenvalue weighted by Gasteiger charge is 2.35. The Morgan fingerprint density at radius 3 is 2.37 bits per heavy atom. The van der Waals surface area contributed by atoms with Crippen molar-refractivity contribution in [3.05, 3.63) is 131 Å². The maximum atomic E-state index is 13.8. The van der Waals surface area contributed by atoms with Crippen LogP contribution in [0.4, 0.5) is 5.69 Å². The molecule has 1 amide bonds. The van der Waals surface area contributed by atoms with Crippen molar-refractivity contribution >= 4 is 21.6 Å². The molecular weight excluding hydrogens is 642 g/mol. The highest BCUT2D eigenvalue weighted by molar-refractivity contribution is 7.89. The fraction of sp³-hybridized carbons (Fsp3) is 0.342. The summed E-state index contributed by atoms with van der Waals surface area (Å²) >= 11 is 0. The Bertz CT molecular complexity index is 1800. The van der Waals surface area contributed by atoms with Gasteiger partial charge in [-0.25, -0.2) is 8.42 Å². The molecule has 2 saturated heterocycles. The number of carbonyl (C=O) groups excluding carboxylic acids is 1. The number of ether oxygens (including phenoxy) is 2. The zero-order valence-corrected chi connectivity index (χ0v) is 28.3. The predicted octanol–water partition coefficient (Wildman–Crippen LogP) is 4.63. The van der Waals surface area contributed by atoms with Crippen LogP contribution in [-0.2, 0) is 37.3 Å². The molecule has 0 spiro atoms. The normalized spacial score (nSPS) is 22.1. The molecule has 4 aromatic rings. The Morgan fingerprint density at radius 2 is 1.67 bits per heavy atom. The Kier molecular flexibility index (Phi) is 11.2. The average Bonchev–Trinajstić information content (AvgIpc) is 3.52. The number of aliphatic hydroxyl groups is 2. The number of nitrogens with zero attached hydrogens (tertiary/aromatic N) is 1. The van der Waals surface area contributed by atoms with E-state index < -0.39 is 28.3 Å². The van der Waals surface area contributed by atoms with Crippen LogP contribution in [0.2, 0.25) is 0 Å². The molecular formula is C38H43N3O7S. The van der Waals surface area contributed by atoms with E-state index in [0.717, 1.165) is 35.2 Å². The number of nitrogens with one attached hydrogen (secondary N) is 2. The molecule has 2 heterocycles. The van der Waals surface area contributed by atoms with E-state index in [4.69, 9.17) is 9.47 Å². The fourth-order valence-corrected chi connectivity index (χ4v) is 7.50. The lowest BCUT2D eigenvalue weighted by atomic mass is 9.99. The average molecular weight is 686 g/mol.